The number of nitrogens with two attached hydrogens (primary N) is 1. The summed E-state index contributed by atoms with van der Waals surface area (Å²) in [6.07, 6.45) is 0. The summed E-state index contributed by atoms with van der Waals surface area (Å²) in [6, 6.07) is 5.10. The Morgan fingerprint density at radius 2 is 2.14 bits per heavy atom. The Morgan fingerprint density at radius 1 is 1.43 bits per heavy atom. The second kappa shape index (κ2) is 6.03. The Balaban J connectivity index is 2.05. The van der Waals surface area contributed by atoms with E-state index in [1.54, 1.807) is 29.5 Å². The van der Waals surface area contributed by atoms with Gasteiger partial charge in [0.15, 0.2) is 0 Å². The first-order valence-electron chi connectivity index (χ1n) is 6.49. The summed E-state index contributed by atoms with van der Waals surface area (Å²) >= 11 is 7.64. The van der Waals surface area contributed by atoms with Gasteiger partial charge in [0, 0.05) is 16.4 Å². The first-order chi connectivity index (χ1) is 9.77. The number of nitrogens with zero attached hydrogens (tertiary/aromatic N) is 1. The summed E-state index contributed by atoms with van der Waals surface area (Å²) < 4.78 is 5.69. The fourth-order valence-electron chi connectivity index (χ4n) is 1.67. The van der Waals surface area contributed by atoms with Gasteiger partial charge in [-0.2, -0.15) is 0 Å². The highest BCUT2D eigenvalue weighted by atomic mass is 35.5. The van der Waals surface area contributed by atoms with Crippen molar-refractivity contribution in [3.63, 3.8) is 0 Å². The molecule has 0 aliphatic carbocycles. The van der Waals surface area contributed by atoms with Gasteiger partial charge in [-0.05, 0) is 18.2 Å². The number of aromatic nitrogens is 1. The predicted octanol–water partition coefficient (Wildman–Crippen LogP) is 3.96. The van der Waals surface area contributed by atoms with Crippen molar-refractivity contribution in [1.82, 2.24) is 4.98 Å². The Bertz CT molecular complexity index is 661. The molecule has 2 rings (SSSR count). The molecular formula is C15H18ClN3OS. The van der Waals surface area contributed by atoms with E-state index in [1.807, 2.05) is 0 Å². The van der Waals surface area contributed by atoms with E-state index in [-0.39, 0.29) is 11.3 Å². The minimum absolute atomic E-state index is 0.0429. The highest BCUT2D eigenvalue weighted by Gasteiger charge is 2.17. The summed E-state index contributed by atoms with van der Waals surface area (Å²) in [5.41, 5.74) is 7.04. The molecule has 0 saturated carbocycles. The van der Waals surface area contributed by atoms with Crippen LogP contribution in [-0.2, 0) is 12.0 Å². The minimum Gasteiger partial charge on any atom is -0.486 e. The van der Waals surface area contributed by atoms with Crippen LogP contribution in [0, 0.1) is 5.41 Å². The monoisotopic (exact) mass is 323 g/mol. The Kier molecular flexibility index (Phi) is 4.54. The average molecular weight is 324 g/mol. The average Bonchev–Trinajstić information content (AvgIpc) is 2.84. The first kappa shape index (κ1) is 15.8. The molecule has 0 saturated heterocycles. The highest BCUT2D eigenvalue weighted by Crippen LogP contribution is 2.26. The summed E-state index contributed by atoms with van der Waals surface area (Å²) in [5, 5.41) is 10.8. The van der Waals surface area contributed by atoms with Crippen LogP contribution in [0.4, 0.5) is 0 Å². The van der Waals surface area contributed by atoms with Gasteiger partial charge >= 0.3 is 0 Å². The number of thiazole rings is 1. The van der Waals surface area contributed by atoms with Gasteiger partial charge < -0.3 is 10.5 Å². The quantitative estimate of drug-likeness (QED) is 0.661. The van der Waals surface area contributed by atoms with Crippen LogP contribution in [0.5, 0.6) is 5.75 Å². The molecule has 4 nitrogen and oxygen atoms in total. The molecular weight excluding hydrogens is 306 g/mol. The summed E-state index contributed by atoms with van der Waals surface area (Å²) in [5.74, 6) is 0.582. The lowest BCUT2D eigenvalue weighted by molar-refractivity contribution is 0.305. The Labute approximate surface area is 133 Å². The summed E-state index contributed by atoms with van der Waals surface area (Å²) in [7, 11) is 0. The van der Waals surface area contributed by atoms with Gasteiger partial charge in [0.25, 0.3) is 0 Å². The molecule has 0 fully saturated rings. The standard InChI is InChI=1S/C15H18ClN3OS/c1-15(2,3)12-8-21-13(19-12)7-20-9-4-5-10(14(17)18)11(16)6-9/h4-6,8H,7H2,1-3H3,(H3,17,18). The molecule has 0 radical (unpaired) electrons. The van der Waals surface area contributed by atoms with Crippen LogP contribution in [0.25, 0.3) is 0 Å². The Morgan fingerprint density at radius 3 is 2.67 bits per heavy atom. The third kappa shape index (κ3) is 3.95. The van der Waals surface area contributed by atoms with E-state index in [2.05, 4.69) is 31.1 Å². The van der Waals surface area contributed by atoms with Crippen LogP contribution in [-0.4, -0.2) is 10.8 Å². The van der Waals surface area contributed by atoms with Crippen LogP contribution in [0.3, 0.4) is 0 Å². The van der Waals surface area contributed by atoms with Gasteiger partial charge in [0.1, 0.15) is 23.2 Å². The molecule has 0 bridgehead atoms. The van der Waals surface area contributed by atoms with Crippen molar-refractivity contribution in [1.29, 1.82) is 5.41 Å². The van der Waals surface area contributed by atoms with Crippen LogP contribution < -0.4 is 10.5 Å². The third-order valence-electron chi connectivity index (χ3n) is 2.91. The van der Waals surface area contributed by atoms with E-state index in [9.17, 15) is 0 Å². The molecule has 0 aliphatic heterocycles. The third-order valence-corrected chi connectivity index (χ3v) is 4.05. The van der Waals surface area contributed by atoms with E-state index in [0.717, 1.165) is 10.7 Å². The van der Waals surface area contributed by atoms with Gasteiger partial charge in [-0.1, -0.05) is 32.4 Å². The second-order valence-corrected chi connectivity index (χ2v) is 7.07. The molecule has 0 amide bonds. The normalized spacial score (nSPS) is 11.4. The summed E-state index contributed by atoms with van der Waals surface area (Å²) in [6.45, 7) is 6.79. The van der Waals surface area contributed by atoms with Gasteiger partial charge in [-0.3, -0.25) is 5.41 Å². The topological polar surface area (TPSA) is 72.0 Å². The van der Waals surface area contributed by atoms with Crippen LogP contribution >= 0.6 is 22.9 Å². The number of benzene rings is 1. The number of nitrogen functional groups attached to an aromatic ring is 1. The molecule has 1 heterocycles. The van der Waals surface area contributed by atoms with E-state index in [1.165, 1.54) is 0 Å². The molecule has 0 aliphatic rings. The van der Waals surface area contributed by atoms with Crippen molar-refractivity contribution < 1.29 is 4.74 Å². The zero-order valence-corrected chi connectivity index (χ0v) is 13.8. The van der Waals surface area contributed by atoms with Crippen LogP contribution in [0.15, 0.2) is 23.6 Å². The van der Waals surface area contributed by atoms with Crippen LogP contribution in [0.1, 0.15) is 37.0 Å². The minimum atomic E-state index is -0.0544. The zero-order chi connectivity index (χ0) is 15.6. The number of hydrogen-bond acceptors (Lipinski definition) is 4. The van der Waals surface area contributed by atoms with E-state index in [4.69, 9.17) is 27.5 Å². The number of nitrogens with one attached hydrogen (secondary N) is 1. The van der Waals surface area contributed by atoms with Crippen molar-refractivity contribution in [3.05, 3.63) is 44.9 Å². The number of ether oxygens (including phenoxy) is 1. The fraction of sp³-hybridized carbons (Fsp3) is 0.333. The number of halogens is 1. The maximum atomic E-state index is 7.39. The van der Waals surface area contributed by atoms with Crippen LogP contribution in [0.2, 0.25) is 5.02 Å². The lowest BCUT2D eigenvalue weighted by Gasteiger charge is -2.14. The van der Waals surface area contributed by atoms with Crippen molar-refractivity contribution in [2.45, 2.75) is 32.8 Å². The molecule has 1 aromatic heterocycles. The van der Waals surface area contributed by atoms with Crippen molar-refractivity contribution in [3.8, 4) is 5.75 Å². The fourth-order valence-corrected chi connectivity index (χ4v) is 2.88. The number of amidine groups is 1. The van der Waals surface area contributed by atoms with Crippen molar-refractivity contribution in [2.75, 3.05) is 0 Å². The van der Waals surface area contributed by atoms with Crippen molar-refractivity contribution in [2.24, 2.45) is 5.73 Å². The largest absolute Gasteiger partial charge is 0.486 e. The lowest BCUT2D eigenvalue weighted by atomic mass is 9.93. The molecule has 1 aromatic carbocycles. The van der Waals surface area contributed by atoms with Gasteiger partial charge in [0.05, 0.1) is 10.7 Å². The molecule has 6 heteroatoms. The second-order valence-electron chi connectivity index (χ2n) is 5.72. The van der Waals surface area contributed by atoms with Gasteiger partial charge in [0.2, 0.25) is 0 Å². The van der Waals surface area contributed by atoms with E-state index in [0.29, 0.717) is 22.9 Å². The molecule has 0 unspecified atom stereocenters. The van der Waals surface area contributed by atoms with Gasteiger partial charge in [-0.15, -0.1) is 11.3 Å². The van der Waals surface area contributed by atoms with Crippen molar-refractivity contribution >= 4 is 28.8 Å². The maximum absolute atomic E-state index is 7.39. The van der Waals surface area contributed by atoms with Gasteiger partial charge in [-0.25, -0.2) is 4.98 Å². The number of rotatable bonds is 4. The lowest BCUT2D eigenvalue weighted by Crippen LogP contribution is -2.12. The first-order valence-corrected chi connectivity index (χ1v) is 7.75. The number of hydrogen-bond donors (Lipinski definition) is 2. The summed E-state index contributed by atoms with van der Waals surface area (Å²) in [4.78, 5) is 4.57. The molecule has 0 atom stereocenters. The maximum Gasteiger partial charge on any atom is 0.140 e. The highest BCUT2D eigenvalue weighted by molar-refractivity contribution is 7.09. The molecule has 2 aromatic rings. The molecule has 3 N–H and O–H groups in total. The molecule has 21 heavy (non-hydrogen) atoms. The zero-order valence-electron chi connectivity index (χ0n) is 12.2. The predicted molar refractivity (Wildman–Crippen MR) is 87.6 cm³/mol. The molecule has 0 spiro atoms. The van der Waals surface area contributed by atoms with E-state index < -0.39 is 0 Å². The van der Waals surface area contributed by atoms with E-state index >= 15 is 0 Å². The molecule has 112 valence electrons. The smallest absolute Gasteiger partial charge is 0.140 e. The Hall–Kier alpha value is -1.59. The SMILES string of the molecule is CC(C)(C)c1csc(COc2ccc(C(=N)N)c(Cl)c2)n1.